The molecule has 1 saturated heterocycles. The molecule has 0 aliphatic carbocycles. The highest BCUT2D eigenvalue weighted by Crippen LogP contribution is 2.20. The number of halogens is 1. The van der Waals surface area contributed by atoms with Crippen LogP contribution in [-0.4, -0.2) is 23.9 Å². The third kappa shape index (κ3) is 5.32. The number of hydrogen-bond acceptors (Lipinski definition) is 2. The molecule has 0 spiro atoms. The van der Waals surface area contributed by atoms with Gasteiger partial charge in [-0.05, 0) is 56.1 Å². The molecule has 3 rings (SSSR count). The van der Waals surface area contributed by atoms with E-state index in [0.717, 1.165) is 43.1 Å². The maximum Gasteiger partial charge on any atom is 0.223 e. The van der Waals surface area contributed by atoms with Crippen molar-refractivity contribution in [3.05, 3.63) is 70.2 Å². The molecule has 2 aromatic rings. The monoisotopic (exact) mass is 356 g/mol. The van der Waals surface area contributed by atoms with Crippen LogP contribution >= 0.6 is 11.6 Å². The van der Waals surface area contributed by atoms with Gasteiger partial charge in [-0.1, -0.05) is 53.6 Å². The maximum atomic E-state index is 12.4. The van der Waals surface area contributed by atoms with Gasteiger partial charge in [-0.3, -0.25) is 9.69 Å². The van der Waals surface area contributed by atoms with E-state index in [0.29, 0.717) is 6.54 Å². The van der Waals surface area contributed by atoms with E-state index in [9.17, 15) is 4.79 Å². The first-order valence-electron chi connectivity index (χ1n) is 8.90. The highest BCUT2D eigenvalue weighted by molar-refractivity contribution is 6.30. The summed E-state index contributed by atoms with van der Waals surface area (Å²) in [7, 11) is 0. The van der Waals surface area contributed by atoms with E-state index in [-0.39, 0.29) is 11.8 Å². The Labute approximate surface area is 155 Å². The fourth-order valence-corrected chi connectivity index (χ4v) is 3.48. The van der Waals surface area contributed by atoms with Crippen molar-refractivity contribution in [3.63, 3.8) is 0 Å². The summed E-state index contributed by atoms with van der Waals surface area (Å²) < 4.78 is 0. The van der Waals surface area contributed by atoms with Crippen LogP contribution in [0.4, 0.5) is 0 Å². The number of likely N-dealkylation sites (tertiary alicyclic amines) is 1. The minimum atomic E-state index is 0.126. The van der Waals surface area contributed by atoms with Crippen LogP contribution in [0.25, 0.3) is 0 Å². The summed E-state index contributed by atoms with van der Waals surface area (Å²) in [6.45, 7) is 5.63. The summed E-state index contributed by atoms with van der Waals surface area (Å²) in [5, 5.41) is 3.78. The van der Waals surface area contributed by atoms with Gasteiger partial charge in [0.05, 0.1) is 0 Å². The largest absolute Gasteiger partial charge is 0.352 e. The van der Waals surface area contributed by atoms with Crippen LogP contribution in [0.1, 0.15) is 29.5 Å². The van der Waals surface area contributed by atoms with E-state index < -0.39 is 0 Å². The van der Waals surface area contributed by atoms with Crippen molar-refractivity contribution in [3.8, 4) is 0 Å². The first-order chi connectivity index (χ1) is 12.1. The molecule has 1 aliphatic rings. The van der Waals surface area contributed by atoms with Gasteiger partial charge in [0.1, 0.15) is 0 Å². The quantitative estimate of drug-likeness (QED) is 0.871. The van der Waals surface area contributed by atoms with Crippen LogP contribution in [0.3, 0.4) is 0 Å². The van der Waals surface area contributed by atoms with E-state index in [1.165, 1.54) is 11.1 Å². The fraction of sp³-hybridized carbons (Fsp3) is 0.381. The second-order valence-corrected chi connectivity index (χ2v) is 7.32. The Morgan fingerprint density at radius 3 is 2.52 bits per heavy atom. The molecule has 4 heteroatoms. The molecule has 1 N–H and O–H groups in total. The molecule has 0 bridgehead atoms. The normalized spacial score (nSPS) is 15.9. The SMILES string of the molecule is Cc1cccc(CN2CCC(C(=O)NCc3ccc(Cl)cc3)CC2)c1. The molecule has 0 atom stereocenters. The number of nitrogens with one attached hydrogen (secondary N) is 1. The zero-order valence-electron chi connectivity index (χ0n) is 14.7. The minimum Gasteiger partial charge on any atom is -0.352 e. The van der Waals surface area contributed by atoms with E-state index in [2.05, 4.69) is 41.4 Å². The minimum absolute atomic E-state index is 0.126. The molecule has 2 aromatic carbocycles. The molecule has 0 saturated carbocycles. The maximum absolute atomic E-state index is 12.4. The molecule has 1 fully saturated rings. The Bertz CT molecular complexity index is 706. The van der Waals surface area contributed by atoms with Crippen molar-refractivity contribution < 1.29 is 4.79 Å². The molecular formula is C21H25ClN2O. The van der Waals surface area contributed by atoms with Crippen LogP contribution in [0.15, 0.2) is 48.5 Å². The number of nitrogens with zero attached hydrogens (tertiary/aromatic N) is 1. The van der Waals surface area contributed by atoms with Gasteiger partial charge >= 0.3 is 0 Å². The first-order valence-corrected chi connectivity index (χ1v) is 9.28. The average Bonchev–Trinajstić information content (AvgIpc) is 2.62. The van der Waals surface area contributed by atoms with E-state index in [4.69, 9.17) is 11.6 Å². The third-order valence-electron chi connectivity index (χ3n) is 4.83. The highest BCUT2D eigenvalue weighted by atomic mass is 35.5. The lowest BCUT2D eigenvalue weighted by molar-refractivity contribution is -0.126. The lowest BCUT2D eigenvalue weighted by Gasteiger charge is -2.31. The summed E-state index contributed by atoms with van der Waals surface area (Å²) >= 11 is 5.88. The van der Waals surface area contributed by atoms with Crippen molar-refractivity contribution in [2.24, 2.45) is 5.92 Å². The number of piperidine rings is 1. The standard InChI is InChI=1S/C21H25ClN2O/c1-16-3-2-4-18(13-16)15-24-11-9-19(10-12-24)21(25)23-14-17-5-7-20(22)8-6-17/h2-8,13,19H,9-12,14-15H2,1H3,(H,23,25). The van der Waals surface area contributed by atoms with E-state index >= 15 is 0 Å². The molecule has 0 unspecified atom stereocenters. The Morgan fingerprint density at radius 2 is 1.84 bits per heavy atom. The summed E-state index contributed by atoms with van der Waals surface area (Å²) in [4.78, 5) is 14.8. The second-order valence-electron chi connectivity index (χ2n) is 6.88. The summed E-state index contributed by atoms with van der Waals surface area (Å²) in [6.07, 6.45) is 1.86. The molecule has 132 valence electrons. The van der Waals surface area contributed by atoms with Gasteiger partial charge in [0.2, 0.25) is 5.91 Å². The van der Waals surface area contributed by atoms with Crippen molar-refractivity contribution in [2.45, 2.75) is 32.9 Å². The highest BCUT2D eigenvalue weighted by Gasteiger charge is 2.24. The van der Waals surface area contributed by atoms with Crippen molar-refractivity contribution in [1.82, 2.24) is 10.2 Å². The molecule has 0 aromatic heterocycles. The Balaban J connectivity index is 1.43. The number of aryl methyl sites for hydroxylation is 1. The van der Waals surface area contributed by atoms with E-state index in [1.54, 1.807) is 0 Å². The van der Waals surface area contributed by atoms with Crippen molar-refractivity contribution in [2.75, 3.05) is 13.1 Å². The summed E-state index contributed by atoms with van der Waals surface area (Å²) in [5.41, 5.74) is 3.73. The number of carbonyl (C=O) groups excluding carboxylic acids is 1. The third-order valence-corrected chi connectivity index (χ3v) is 5.08. The van der Waals surface area contributed by atoms with Crippen LogP contribution < -0.4 is 5.32 Å². The van der Waals surface area contributed by atoms with Gasteiger partial charge in [-0.2, -0.15) is 0 Å². The number of amides is 1. The molecule has 1 amide bonds. The van der Waals surface area contributed by atoms with Gasteiger partial charge in [0.15, 0.2) is 0 Å². The zero-order valence-corrected chi connectivity index (χ0v) is 15.4. The molecular weight excluding hydrogens is 332 g/mol. The number of carbonyl (C=O) groups is 1. The van der Waals surface area contributed by atoms with Crippen LogP contribution in [-0.2, 0) is 17.9 Å². The van der Waals surface area contributed by atoms with Crippen LogP contribution in [0.5, 0.6) is 0 Å². The van der Waals surface area contributed by atoms with Crippen molar-refractivity contribution in [1.29, 1.82) is 0 Å². The number of rotatable bonds is 5. The predicted octanol–water partition coefficient (Wildman–Crippen LogP) is 4.18. The van der Waals surface area contributed by atoms with Crippen LogP contribution in [0.2, 0.25) is 5.02 Å². The topological polar surface area (TPSA) is 32.3 Å². The number of benzene rings is 2. The molecule has 25 heavy (non-hydrogen) atoms. The van der Waals surface area contributed by atoms with Gasteiger partial charge in [0, 0.05) is 24.0 Å². The first kappa shape index (κ1) is 18.0. The number of hydrogen-bond donors (Lipinski definition) is 1. The molecule has 3 nitrogen and oxygen atoms in total. The molecule has 1 aliphatic heterocycles. The predicted molar refractivity (Wildman–Crippen MR) is 102 cm³/mol. The Kier molecular flexibility index (Phi) is 6.11. The zero-order chi connectivity index (χ0) is 17.6. The summed E-state index contributed by atoms with van der Waals surface area (Å²) in [5.74, 6) is 0.297. The van der Waals surface area contributed by atoms with Gasteiger partial charge < -0.3 is 5.32 Å². The smallest absolute Gasteiger partial charge is 0.223 e. The van der Waals surface area contributed by atoms with Gasteiger partial charge in [-0.15, -0.1) is 0 Å². The van der Waals surface area contributed by atoms with Crippen molar-refractivity contribution >= 4 is 17.5 Å². The lowest BCUT2D eigenvalue weighted by Crippen LogP contribution is -2.40. The second kappa shape index (κ2) is 8.50. The van der Waals surface area contributed by atoms with Gasteiger partial charge in [-0.25, -0.2) is 0 Å². The molecule has 1 heterocycles. The lowest BCUT2D eigenvalue weighted by atomic mass is 9.95. The Morgan fingerprint density at radius 1 is 1.12 bits per heavy atom. The van der Waals surface area contributed by atoms with Gasteiger partial charge in [0.25, 0.3) is 0 Å². The van der Waals surface area contributed by atoms with E-state index in [1.807, 2.05) is 24.3 Å². The van der Waals surface area contributed by atoms with Crippen LogP contribution in [0, 0.1) is 12.8 Å². The molecule has 0 radical (unpaired) electrons. The summed E-state index contributed by atoms with van der Waals surface area (Å²) in [6, 6.07) is 16.3. The average molecular weight is 357 g/mol. The fourth-order valence-electron chi connectivity index (χ4n) is 3.36. The Hall–Kier alpha value is -1.84.